The Hall–Kier alpha value is -4.14. The normalized spacial score (nSPS) is 11.4. The summed E-state index contributed by atoms with van der Waals surface area (Å²) in [7, 11) is 4.61. The van der Waals surface area contributed by atoms with Crippen LogP contribution < -0.4 is 19.6 Å². The lowest BCUT2D eigenvalue weighted by Gasteiger charge is -2.14. The molecule has 0 fully saturated rings. The van der Waals surface area contributed by atoms with Gasteiger partial charge in [0.25, 0.3) is 0 Å². The summed E-state index contributed by atoms with van der Waals surface area (Å²) in [5, 5.41) is 17.5. The van der Waals surface area contributed by atoms with Crippen LogP contribution in [0.15, 0.2) is 39.7 Å². The maximum absolute atomic E-state index is 11.9. The second-order valence-electron chi connectivity index (χ2n) is 6.65. The molecule has 0 radical (unpaired) electrons. The highest BCUT2D eigenvalue weighted by atomic mass is 16.5. The number of hydrogen-bond donors (Lipinski definition) is 3. The van der Waals surface area contributed by atoms with Crippen molar-refractivity contribution in [2.75, 3.05) is 21.3 Å². The molecule has 0 atom stereocenters. The van der Waals surface area contributed by atoms with E-state index in [1.165, 1.54) is 27.4 Å². The molecule has 0 aliphatic heterocycles. The number of ether oxygens (including phenoxy) is 3. The van der Waals surface area contributed by atoms with Crippen LogP contribution in [0.3, 0.4) is 0 Å². The molecule has 0 bridgehead atoms. The average Bonchev–Trinajstić information content (AvgIpc) is 3.38. The first-order valence-corrected chi connectivity index (χ1v) is 9.01. The van der Waals surface area contributed by atoms with Crippen LogP contribution >= 0.6 is 0 Å². The van der Waals surface area contributed by atoms with Crippen molar-refractivity contribution in [1.29, 1.82) is 0 Å². The standard InChI is InChI=1S/C21H17N3O6/c1-27-13-6-9(7-14(28-2)19(13)29-3)15-11-8-22-24-21(11)23-16-10-4-5-12(25)17(26)18(10)30-20(15)16/h4-8,26H,1-3H3,(H2,22,23,24). The minimum atomic E-state index is -0.519. The first-order chi connectivity index (χ1) is 14.6. The van der Waals surface area contributed by atoms with Gasteiger partial charge in [-0.1, -0.05) is 0 Å². The fraction of sp³-hybridized carbons (Fsp3) is 0.143. The van der Waals surface area contributed by atoms with Gasteiger partial charge in [-0.25, -0.2) is 4.98 Å². The van der Waals surface area contributed by atoms with Crippen molar-refractivity contribution in [2.45, 2.75) is 0 Å². The highest BCUT2D eigenvalue weighted by molar-refractivity contribution is 6.15. The Bertz CT molecular complexity index is 1470. The highest BCUT2D eigenvalue weighted by Crippen LogP contribution is 2.45. The molecule has 2 aromatic carbocycles. The summed E-state index contributed by atoms with van der Waals surface area (Å²) in [5.41, 5.74) is 2.49. The van der Waals surface area contributed by atoms with E-state index in [-0.39, 0.29) is 5.58 Å². The molecule has 0 unspecified atom stereocenters. The third kappa shape index (κ3) is 2.35. The van der Waals surface area contributed by atoms with Crippen molar-refractivity contribution in [3.63, 3.8) is 0 Å². The summed E-state index contributed by atoms with van der Waals surface area (Å²) in [6, 6.07) is 6.48. The summed E-state index contributed by atoms with van der Waals surface area (Å²) in [6.07, 6.45) is 1.76. The number of pyridine rings is 1. The first kappa shape index (κ1) is 17.9. The monoisotopic (exact) mass is 407 g/mol. The van der Waals surface area contributed by atoms with E-state index in [9.17, 15) is 9.90 Å². The molecule has 5 aromatic rings. The molecule has 0 amide bonds. The smallest absolute Gasteiger partial charge is 0.224 e. The number of phenolic OH excluding ortho intramolecular Hbond substituents is 1. The van der Waals surface area contributed by atoms with Crippen molar-refractivity contribution < 1.29 is 23.7 Å². The Morgan fingerprint density at radius 3 is 2.40 bits per heavy atom. The van der Waals surface area contributed by atoms with E-state index in [4.69, 9.17) is 18.6 Å². The van der Waals surface area contributed by atoms with Crippen LogP contribution in [0.4, 0.5) is 0 Å². The minimum absolute atomic E-state index is 0.0929. The summed E-state index contributed by atoms with van der Waals surface area (Å²) < 4.78 is 22.4. The van der Waals surface area contributed by atoms with Gasteiger partial charge < -0.3 is 28.8 Å². The lowest BCUT2D eigenvalue weighted by atomic mass is 10.0. The number of aromatic nitrogens is 3. The summed E-state index contributed by atoms with van der Waals surface area (Å²) in [4.78, 5) is 16.5. The third-order valence-electron chi connectivity index (χ3n) is 5.10. The number of furan rings is 1. The van der Waals surface area contributed by atoms with E-state index in [1.54, 1.807) is 24.4 Å². The van der Waals surface area contributed by atoms with Crippen LogP contribution in [0.1, 0.15) is 0 Å². The van der Waals surface area contributed by atoms with Crippen LogP contribution in [-0.2, 0) is 0 Å². The molecule has 5 rings (SSSR count). The van der Waals surface area contributed by atoms with Gasteiger partial charge in [0.15, 0.2) is 28.3 Å². The quantitative estimate of drug-likeness (QED) is 0.416. The lowest BCUT2D eigenvalue weighted by molar-refractivity contribution is 0.324. The fourth-order valence-electron chi connectivity index (χ4n) is 3.73. The molecule has 3 N–H and O–H groups in total. The topological polar surface area (TPSA) is 123 Å². The van der Waals surface area contributed by atoms with Gasteiger partial charge in [0.2, 0.25) is 16.9 Å². The van der Waals surface area contributed by atoms with E-state index in [1.807, 2.05) is 0 Å². The van der Waals surface area contributed by atoms with Crippen molar-refractivity contribution >= 4 is 33.1 Å². The van der Waals surface area contributed by atoms with Crippen molar-refractivity contribution in [1.82, 2.24) is 15.2 Å². The van der Waals surface area contributed by atoms with Gasteiger partial charge in [0.1, 0.15) is 5.52 Å². The van der Waals surface area contributed by atoms with E-state index in [2.05, 4.69) is 15.2 Å². The fourth-order valence-corrected chi connectivity index (χ4v) is 3.73. The van der Waals surface area contributed by atoms with E-state index < -0.39 is 11.2 Å². The van der Waals surface area contributed by atoms with Gasteiger partial charge in [0, 0.05) is 17.1 Å². The zero-order valence-corrected chi connectivity index (χ0v) is 16.3. The van der Waals surface area contributed by atoms with E-state index in [0.717, 1.165) is 10.9 Å². The van der Waals surface area contributed by atoms with Crippen molar-refractivity contribution in [3.05, 3.63) is 40.7 Å². The predicted molar refractivity (Wildman–Crippen MR) is 111 cm³/mol. The number of rotatable bonds is 4. The molecule has 0 spiro atoms. The highest BCUT2D eigenvalue weighted by Gasteiger charge is 2.23. The Balaban J connectivity index is 1.96. The van der Waals surface area contributed by atoms with E-state index >= 15 is 0 Å². The van der Waals surface area contributed by atoms with Gasteiger partial charge in [-0.3, -0.25) is 9.89 Å². The van der Waals surface area contributed by atoms with Crippen molar-refractivity contribution in [3.8, 4) is 34.1 Å². The number of methoxy groups -OCH3 is 3. The molecule has 3 aromatic heterocycles. The number of nitrogens with zero attached hydrogens (tertiary/aromatic N) is 1. The molecule has 9 heteroatoms. The third-order valence-corrected chi connectivity index (χ3v) is 5.10. The van der Waals surface area contributed by atoms with Gasteiger partial charge >= 0.3 is 0 Å². The lowest BCUT2D eigenvalue weighted by Crippen LogP contribution is -1.96. The SMILES string of the molecule is COc1cc(-c2c3c[nH][nH]c3nc3c2oc2c(O)c(=O)ccc23)cc(OC)c1OC. The Kier molecular flexibility index (Phi) is 3.85. The van der Waals surface area contributed by atoms with Crippen LogP contribution in [-0.4, -0.2) is 41.6 Å². The van der Waals surface area contributed by atoms with Gasteiger partial charge in [-0.15, -0.1) is 0 Å². The number of aromatic hydroxyl groups is 1. The molecular weight excluding hydrogens is 390 g/mol. The van der Waals surface area contributed by atoms with Crippen LogP contribution in [0.5, 0.6) is 23.0 Å². The summed E-state index contributed by atoms with van der Waals surface area (Å²) in [5.74, 6) is 0.969. The molecule has 30 heavy (non-hydrogen) atoms. The first-order valence-electron chi connectivity index (χ1n) is 9.01. The number of hydrogen-bond acceptors (Lipinski definition) is 7. The zero-order valence-electron chi connectivity index (χ0n) is 16.3. The summed E-state index contributed by atoms with van der Waals surface area (Å²) in [6.45, 7) is 0. The number of phenols is 1. The summed E-state index contributed by atoms with van der Waals surface area (Å²) >= 11 is 0. The van der Waals surface area contributed by atoms with Crippen LogP contribution in [0, 0.1) is 0 Å². The molecule has 0 saturated carbocycles. The molecule has 0 aliphatic carbocycles. The molecule has 9 nitrogen and oxygen atoms in total. The zero-order chi connectivity index (χ0) is 21.0. The number of benzene rings is 2. The molecule has 0 saturated heterocycles. The largest absolute Gasteiger partial charge is 0.502 e. The minimum Gasteiger partial charge on any atom is -0.502 e. The van der Waals surface area contributed by atoms with Crippen LogP contribution in [0.2, 0.25) is 0 Å². The van der Waals surface area contributed by atoms with Crippen LogP contribution in [0.25, 0.3) is 44.2 Å². The molecule has 3 heterocycles. The average molecular weight is 407 g/mol. The Labute approximate surface area is 168 Å². The van der Waals surface area contributed by atoms with Gasteiger partial charge in [-0.05, 0) is 29.8 Å². The second kappa shape index (κ2) is 6.45. The van der Waals surface area contributed by atoms with Gasteiger partial charge in [0.05, 0.1) is 26.7 Å². The Morgan fingerprint density at radius 2 is 1.73 bits per heavy atom. The maximum Gasteiger partial charge on any atom is 0.224 e. The van der Waals surface area contributed by atoms with Crippen molar-refractivity contribution in [2.24, 2.45) is 0 Å². The Morgan fingerprint density at radius 1 is 1.00 bits per heavy atom. The number of aromatic amines is 2. The molecule has 0 aliphatic rings. The molecule has 152 valence electrons. The number of fused-ring (bicyclic) bond motifs is 4. The van der Waals surface area contributed by atoms with E-state index in [0.29, 0.717) is 44.9 Å². The number of H-pyrrole nitrogens is 2. The van der Waals surface area contributed by atoms with Gasteiger partial charge in [-0.2, -0.15) is 0 Å². The predicted octanol–water partition coefficient (Wildman–Crippen LogP) is 3.55. The molecular formula is C21H17N3O6. The second-order valence-corrected chi connectivity index (χ2v) is 6.65. The maximum atomic E-state index is 11.9. The number of nitrogens with one attached hydrogen (secondary N) is 2.